The van der Waals surface area contributed by atoms with Gasteiger partial charge in [0.1, 0.15) is 11.9 Å². The van der Waals surface area contributed by atoms with Gasteiger partial charge in [-0.05, 0) is 23.4 Å². The highest BCUT2D eigenvalue weighted by Crippen LogP contribution is 2.34. The van der Waals surface area contributed by atoms with Crippen molar-refractivity contribution in [1.82, 2.24) is 19.7 Å². The molecule has 0 saturated heterocycles. The van der Waals surface area contributed by atoms with Crippen molar-refractivity contribution in [3.8, 4) is 0 Å². The molecule has 0 spiro atoms. The molecule has 2 aliphatic heterocycles. The Hall–Kier alpha value is -1.73. The first kappa shape index (κ1) is 14.8. The van der Waals surface area contributed by atoms with Crippen LogP contribution in [0.3, 0.4) is 0 Å². The van der Waals surface area contributed by atoms with E-state index in [1.54, 1.807) is 11.3 Å². The van der Waals surface area contributed by atoms with Gasteiger partial charge in [-0.25, -0.2) is 0 Å². The van der Waals surface area contributed by atoms with Crippen LogP contribution in [0.1, 0.15) is 41.5 Å². The topological polar surface area (TPSA) is 60.2 Å². The molecule has 122 valence electrons. The van der Waals surface area contributed by atoms with Crippen LogP contribution in [0.4, 0.5) is 0 Å². The molecule has 4 rings (SSSR count). The Morgan fingerprint density at radius 1 is 1.43 bits per heavy atom. The Morgan fingerprint density at radius 3 is 3.22 bits per heavy atom. The van der Waals surface area contributed by atoms with Crippen molar-refractivity contribution in [2.45, 2.75) is 45.4 Å². The highest BCUT2D eigenvalue weighted by molar-refractivity contribution is 7.10. The molecule has 23 heavy (non-hydrogen) atoms. The van der Waals surface area contributed by atoms with Crippen molar-refractivity contribution in [1.29, 1.82) is 0 Å². The normalized spacial score (nSPS) is 20.2. The van der Waals surface area contributed by atoms with Crippen LogP contribution in [0.25, 0.3) is 0 Å². The second-order valence-electron chi connectivity index (χ2n) is 5.98. The van der Waals surface area contributed by atoms with Crippen LogP contribution in [-0.4, -0.2) is 38.7 Å². The molecule has 0 bridgehead atoms. The van der Waals surface area contributed by atoms with Gasteiger partial charge in [-0.1, -0.05) is 6.92 Å². The number of aryl methyl sites for hydroxylation is 1. The predicted octanol–water partition coefficient (Wildman–Crippen LogP) is 1.95. The molecule has 2 aromatic rings. The molecule has 1 amide bonds. The van der Waals surface area contributed by atoms with E-state index in [2.05, 4.69) is 33.1 Å². The summed E-state index contributed by atoms with van der Waals surface area (Å²) in [6, 6.07) is 2.15. The lowest BCUT2D eigenvalue weighted by atomic mass is 10.0. The van der Waals surface area contributed by atoms with E-state index in [9.17, 15) is 4.79 Å². The number of carbonyl (C=O) groups is 1. The summed E-state index contributed by atoms with van der Waals surface area (Å²) in [6.07, 6.45) is 2.16. The van der Waals surface area contributed by atoms with Crippen molar-refractivity contribution < 1.29 is 9.53 Å². The molecule has 0 saturated carbocycles. The molecule has 7 heteroatoms. The van der Waals surface area contributed by atoms with E-state index in [0.29, 0.717) is 19.6 Å². The number of hydrogen-bond donors (Lipinski definition) is 0. The third-order valence-corrected chi connectivity index (χ3v) is 5.67. The Balaban J connectivity index is 1.45. The minimum Gasteiger partial charge on any atom is -0.372 e. The summed E-state index contributed by atoms with van der Waals surface area (Å²) in [7, 11) is 0. The second kappa shape index (κ2) is 6.05. The fourth-order valence-corrected chi connectivity index (χ4v) is 4.36. The fraction of sp³-hybridized carbons (Fsp3) is 0.562. The van der Waals surface area contributed by atoms with Crippen LogP contribution in [-0.2, 0) is 35.5 Å². The van der Waals surface area contributed by atoms with Crippen LogP contribution in [0, 0.1) is 0 Å². The molecule has 0 radical (unpaired) electrons. The molecular formula is C16H20N4O2S. The zero-order valence-electron chi connectivity index (χ0n) is 13.2. The van der Waals surface area contributed by atoms with Crippen molar-refractivity contribution in [2.24, 2.45) is 0 Å². The van der Waals surface area contributed by atoms with E-state index in [1.807, 2.05) is 4.90 Å². The molecule has 4 heterocycles. The van der Waals surface area contributed by atoms with Gasteiger partial charge in [0.2, 0.25) is 5.91 Å². The van der Waals surface area contributed by atoms with Gasteiger partial charge in [-0.15, -0.1) is 21.5 Å². The molecule has 6 nitrogen and oxygen atoms in total. The van der Waals surface area contributed by atoms with Crippen molar-refractivity contribution in [2.75, 3.05) is 13.2 Å². The van der Waals surface area contributed by atoms with Crippen molar-refractivity contribution >= 4 is 17.2 Å². The van der Waals surface area contributed by atoms with E-state index in [4.69, 9.17) is 4.74 Å². The smallest absolute Gasteiger partial charge is 0.226 e. The van der Waals surface area contributed by atoms with Gasteiger partial charge in [0.05, 0.1) is 19.6 Å². The zero-order valence-corrected chi connectivity index (χ0v) is 14.0. The number of aromatic nitrogens is 3. The van der Waals surface area contributed by atoms with Gasteiger partial charge in [0.15, 0.2) is 5.82 Å². The van der Waals surface area contributed by atoms with E-state index < -0.39 is 0 Å². The lowest BCUT2D eigenvalue weighted by molar-refractivity contribution is -0.136. The van der Waals surface area contributed by atoms with Gasteiger partial charge in [-0.2, -0.15) is 0 Å². The summed E-state index contributed by atoms with van der Waals surface area (Å²) in [5.41, 5.74) is 1.34. The van der Waals surface area contributed by atoms with E-state index >= 15 is 0 Å². The van der Waals surface area contributed by atoms with Crippen LogP contribution < -0.4 is 0 Å². The third-order valence-electron chi connectivity index (χ3n) is 4.62. The molecular weight excluding hydrogens is 312 g/mol. The molecule has 1 atom stereocenters. The van der Waals surface area contributed by atoms with Crippen LogP contribution in [0.5, 0.6) is 0 Å². The van der Waals surface area contributed by atoms with E-state index in [0.717, 1.165) is 37.6 Å². The minimum atomic E-state index is -0.0859. The number of nitrogens with zero attached hydrogens (tertiary/aromatic N) is 4. The summed E-state index contributed by atoms with van der Waals surface area (Å²) in [5.74, 6) is 2.04. The summed E-state index contributed by atoms with van der Waals surface area (Å²) in [6.45, 7) is 4.84. The highest BCUT2D eigenvalue weighted by atomic mass is 32.1. The standard InChI is InChI=1S/C16H20N4O2S/c1-2-13-17-18-14-10-19(5-6-20(13)14)15(21)9-12-16-11(3-7-22-12)4-8-23-16/h4,8,12H,2-3,5-7,9-10H2,1H3/t12-/m0/s1. The molecule has 2 aliphatic rings. The molecule has 0 aliphatic carbocycles. The number of rotatable bonds is 3. The summed E-state index contributed by atoms with van der Waals surface area (Å²) < 4.78 is 7.98. The number of ether oxygens (including phenoxy) is 1. The number of amides is 1. The number of hydrogen-bond acceptors (Lipinski definition) is 5. The van der Waals surface area contributed by atoms with Crippen LogP contribution in [0.15, 0.2) is 11.4 Å². The monoisotopic (exact) mass is 332 g/mol. The van der Waals surface area contributed by atoms with Gasteiger partial charge in [0, 0.05) is 24.4 Å². The fourth-order valence-electron chi connectivity index (χ4n) is 3.36. The average molecular weight is 332 g/mol. The molecule has 0 fully saturated rings. The Morgan fingerprint density at radius 2 is 2.35 bits per heavy atom. The number of carbonyl (C=O) groups excluding carboxylic acids is 1. The summed E-state index contributed by atoms with van der Waals surface area (Å²) in [5, 5.41) is 10.5. The first-order valence-corrected chi connectivity index (χ1v) is 9.00. The lowest BCUT2D eigenvalue weighted by Gasteiger charge is -2.30. The maximum atomic E-state index is 12.7. The van der Waals surface area contributed by atoms with Crippen molar-refractivity contribution in [3.05, 3.63) is 33.5 Å². The van der Waals surface area contributed by atoms with Crippen LogP contribution >= 0.6 is 11.3 Å². The average Bonchev–Trinajstić information content (AvgIpc) is 3.21. The van der Waals surface area contributed by atoms with E-state index in [-0.39, 0.29) is 12.0 Å². The summed E-state index contributed by atoms with van der Waals surface area (Å²) >= 11 is 1.69. The summed E-state index contributed by atoms with van der Waals surface area (Å²) in [4.78, 5) is 15.8. The minimum absolute atomic E-state index is 0.0859. The molecule has 0 unspecified atom stereocenters. The van der Waals surface area contributed by atoms with Gasteiger partial charge < -0.3 is 14.2 Å². The number of fused-ring (bicyclic) bond motifs is 2. The Labute approximate surface area is 139 Å². The highest BCUT2D eigenvalue weighted by Gasteiger charge is 2.29. The molecule has 0 N–H and O–H groups in total. The maximum absolute atomic E-state index is 12.7. The van der Waals surface area contributed by atoms with Crippen molar-refractivity contribution in [3.63, 3.8) is 0 Å². The first-order chi connectivity index (χ1) is 11.3. The van der Waals surface area contributed by atoms with Gasteiger partial charge >= 0.3 is 0 Å². The quantitative estimate of drug-likeness (QED) is 0.862. The molecule has 0 aromatic carbocycles. The Kier molecular flexibility index (Phi) is 3.90. The zero-order chi connectivity index (χ0) is 15.8. The number of thiophene rings is 1. The molecule has 2 aromatic heterocycles. The van der Waals surface area contributed by atoms with Gasteiger partial charge in [-0.3, -0.25) is 4.79 Å². The maximum Gasteiger partial charge on any atom is 0.226 e. The second-order valence-corrected chi connectivity index (χ2v) is 6.92. The van der Waals surface area contributed by atoms with E-state index in [1.165, 1.54) is 10.4 Å². The van der Waals surface area contributed by atoms with Crippen LogP contribution in [0.2, 0.25) is 0 Å². The third kappa shape index (κ3) is 2.68. The first-order valence-electron chi connectivity index (χ1n) is 8.13. The Bertz CT molecular complexity index is 723. The van der Waals surface area contributed by atoms with Gasteiger partial charge in [0.25, 0.3) is 0 Å². The largest absolute Gasteiger partial charge is 0.372 e. The predicted molar refractivity (Wildman–Crippen MR) is 86.2 cm³/mol. The SMILES string of the molecule is CCc1nnc2n1CCN(C(=O)C[C@@H]1OCCc3ccsc31)C2. The lowest BCUT2D eigenvalue weighted by Crippen LogP contribution is -2.39.